The normalized spacial score (nSPS) is 31.4. The van der Waals surface area contributed by atoms with Crippen LogP contribution in [0.5, 0.6) is 0 Å². The van der Waals surface area contributed by atoms with Crippen LogP contribution >= 0.6 is 12.4 Å². The van der Waals surface area contributed by atoms with Crippen LogP contribution in [0.15, 0.2) is 0 Å². The Balaban J connectivity index is 0.00000144. The Hall–Kier alpha value is -0.320. The minimum atomic E-state index is -0.0839. The summed E-state index contributed by atoms with van der Waals surface area (Å²) in [5.74, 6) is 0.120. The third-order valence-electron chi connectivity index (χ3n) is 3.94. The van der Waals surface area contributed by atoms with Crippen LogP contribution in [-0.4, -0.2) is 42.1 Å². The van der Waals surface area contributed by atoms with Gasteiger partial charge in [0, 0.05) is 12.6 Å². The molecule has 1 saturated heterocycles. The maximum absolute atomic E-state index is 12.3. The van der Waals surface area contributed by atoms with Crippen LogP contribution in [0.1, 0.15) is 33.1 Å². The van der Waals surface area contributed by atoms with Gasteiger partial charge in [-0.2, -0.15) is 0 Å². The van der Waals surface area contributed by atoms with Gasteiger partial charge in [0.05, 0.1) is 24.7 Å². The third kappa shape index (κ3) is 2.92. The number of nitrogens with two attached hydrogens (primary N) is 1. The smallest absolute Gasteiger partial charge is 0.227 e. The number of carbonyl (C=O) groups excluding carboxylic acids is 1. The Labute approximate surface area is 109 Å². The summed E-state index contributed by atoms with van der Waals surface area (Å²) in [5, 5.41) is 0. The first-order chi connectivity index (χ1) is 7.61. The Morgan fingerprint density at radius 1 is 1.41 bits per heavy atom. The molecule has 100 valence electrons. The molecule has 1 amide bonds. The van der Waals surface area contributed by atoms with Crippen LogP contribution < -0.4 is 5.73 Å². The van der Waals surface area contributed by atoms with E-state index in [0.29, 0.717) is 12.6 Å². The van der Waals surface area contributed by atoms with E-state index >= 15 is 0 Å². The van der Waals surface area contributed by atoms with Crippen molar-refractivity contribution in [3.05, 3.63) is 0 Å². The molecular weight excluding hydrogens is 240 g/mol. The largest absolute Gasteiger partial charge is 0.374 e. The average molecular weight is 263 g/mol. The van der Waals surface area contributed by atoms with E-state index in [4.69, 9.17) is 10.5 Å². The number of rotatable bonds is 2. The predicted molar refractivity (Wildman–Crippen MR) is 69.2 cm³/mol. The molecule has 1 aliphatic heterocycles. The zero-order valence-electron chi connectivity index (χ0n) is 10.6. The molecule has 0 radical (unpaired) electrons. The summed E-state index contributed by atoms with van der Waals surface area (Å²) in [6.07, 6.45) is 3.63. The first kappa shape index (κ1) is 14.7. The van der Waals surface area contributed by atoms with Gasteiger partial charge in [0.1, 0.15) is 0 Å². The van der Waals surface area contributed by atoms with Gasteiger partial charge in [0.2, 0.25) is 5.91 Å². The fourth-order valence-corrected chi connectivity index (χ4v) is 2.69. The van der Waals surface area contributed by atoms with E-state index in [-0.39, 0.29) is 36.4 Å². The third-order valence-corrected chi connectivity index (χ3v) is 3.94. The number of amides is 1. The first-order valence-electron chi connectivity index (χ1n) is 6.29. The molecule has 17 heavy (non-hydrogen) atoms. The second kappa shape index (κ2) is 6.03. The molecule has 2 fully saturated rings. The van der Waals surface area contributed by atoms with Crippen molar-refractivity contribution in [2.75, 3.05) is 13.2 Å². The van der Waals surface area contributed by atoms with E-state index in [1.54, 1.807) is 0 Å². The average Bonchev–Trinajstić information content (AvgIpc) is 2.74. The Bertz CT molecular complexity index is 273. The first-order valence-corrected chi connectivity index (χ1v) is 6.29. The number of hydrogen-bond acceptors (Lipinski definition) is 3. The van der Waals surface area contributed by atoms with Crippen LogP contribution in [-0.2, 0) is 9.53 Å². The molecule has 2 aliphatic rings. The summed E-state index contributed by atoms with van der Waals surface area (Å²) in [6, 6.07) is 0.234. The molecule has 1 aliphatic carbocycles. The second-order valence-electron chi connectivity index (χ2n) is 5.09. The molecule has 2 rings (SSSR count). The molecule has 1 saturated carbocycles. The van der Waals surface area contributed by atoms with Gasteiger partial charge in [-0.05, 0) is 26.2 Å². The van der Waals surface area contributed by atoms with Crippen LogP contribution in [0, 0.1) is 5.92 Å². The van der Waals surface area contributed by atoms with Crippen LogP contribution in [0.4, 0.5) is 0 Å². The molecular formula is C12H23ClN2O2. The highest BCUT2D eigenvalue weighted by Gasteiger charge is 2.39. The lowest BCUT2D eigenvalue weighted by Gasteiger charge is -2.39. The molecule has 2 N–H and O–H groups in total. The van der Waals surface area contributed by atoms with Crippen molar-refractivity contribution < 1.29 is 9.53 Å². The highest BCUT2D eigenvalue weighted by atomic mass is 35.5. The Morgan fingerprint density at radius 2 is 2.12 bits per heavy atom. The van der Waals surface area contributed by atoms with E-state index in [0.717, 1.165) is 19.4 Å². The molecule has 5 heteroatoms. The quantitative estimate of drug-likeness (QED) is 0.813. The summed E-state index contributed by atoms with van der Waals surface area (Å²) in [5.41, 5.74) is 5.80. The molecule has 0 spiro atoms. The number of hydrogen-bond donors (Lipinski definition) is 1. The van der Waals surface area contributed by atoms with E-state index in [1.807, 2.05) is 18.7 Å². The van der Waals surface area contributed by atoms with E-state index in [1.165, 1.54) is 6.42 Å². The van der Waals surface area contributed by atoms with Gasteiger partial charge in [0.15, 0.2) is 0 Å². The monoisotopic (exact) mass is 262 g/mol. The standard InChI is InChI=1S/C12H22N2O2.ClH/c1-8(9(2)13)12(15)14-6-7-16-11-5-3-4-10(11)14;/h8-11H,3-7,13H2,1-2H3;1H. The van der Waals surface area contributed by atoms with Crippen molar-refractivity contribution in [3.8, 4) is 0 Å². The van der Waals surface area contributed by atoms with Crippen molar-refractivity contribution in [2.24, 2.45) is 11.7 Å². The van der Waals surface area contributed by atoms with Crippen LogP contribution in [0.2, 0.25) is 0 Å². The van der Waals surface area contributed by atoms with Crippen LogP contribution in [0.3, 0.4) is 0 Å². The molecule has 4 atom stereocenters. The Kier molecular flexibility index (Phi) is 5.22. The van der Waals surface area contributed by atoms with E-state index < -0.39 is 0 Å². The highest BCUT2D eigenvalue weighted by molar-refractivity contribution is 5.85. The minimum Gasteiger partial charge on any atom is -0.374 e. The summed E-state index contributed by atoms with van der Waals surface area (Å²) in [7, 11) is 0. The molecule has 0 bridgehead atoms. The molecule has 1 heterocycles. The molecule has 4 nitrogen and oxygen atoms in total. The fourth-order valence-electron chi connectivity index (χ4n) is 2.69. The maximum Gasteiger partial charge on any atom is 0.227 e. The second-order valence-corrected chi connectivity index (χ2v) is 5.09. The lowest BCUT2D eigenvalue weighted by molar-refractivity contribution is -0.148. The van der Waals surface area contributed by atoms with Gasteiger partial charge in [-0.15, -0.1) is 12.4 Å². The van der Waals surface area contributed by atoms with E-state index in [2.05, 4.69) is 0 Å². The van der Waals surface area contributed by atoms with E-state index in [9.17, 15) is 4.79 Å². The maximum atomic E-state index is 12.3. The lowest BCUT2D eigenvalue weighted by Crippen LogP contribution is -2.54. The summed E-state index contributed by atoms with van der Waals surface area (Å²) in [6.45, 7) is 5.23. The zero-order chi connectivity index (χ0) is 11.7. The summed E-state index contributed by atoms with van der Waals surface area (Å²) < 4.78 is 5.70. The molecule has 0 aromatic carbocycles. The van der Waals surface area contributed by atoms with Gasteiger partial charge < -0.3 is 15.4 Å². The highest BCUT2D eigenvalue weighted by Crippen LogP contribution is 2.30. The fraction of sp³-hybridized carbons (Fsp3) is 0.917. The van der Waals surface area contributed by atoms with Gasteiger partial charge in [-0.25, -0.2) is 0 Å². The van der Waals surface area contributed by atoms with Crippen molar-refractivity contribution in [1.82, 2.24) is 4.90 Å². The van der Waals surface area contributed by atoms with Gasteiger partial charge in [0.25, 0.3) is 0 Å². The SMILES string of the molecule is CC(N)C(C)C(=O)N1CCOC2CCCC21.Cl. The van der Waals surface area contributed by atoms with Crippen molar-refractivity contribution in [2.45, 2.75) is 51.3 Å². The zero-order valence-corrected chi connectivity index (χ0v) is 11.4. The van der Waals surface area contributed by atoms with Crippen molar-refractivity contribution >= 4 is 18.3 Å². The molecule has 0 aromatic heterocycles. The van der Waals surface area contributed by atoms with Crippen molar-refractivity contribution in [1.29, 1.82) is 0 Å². The lowest BCUT2D eigenvalue weighted by atomic mass is 10.0. The van der Waals surface area contributed by atoms with Gasteiger partial charge in [-0.1, -0.05) is 6.92 Å². The number of nitrogens with zero attached hydrogens (tertiary/aromatic N) is 1. The number of ether oxygens (including phenoxy) is 1. The molecule has 4 unspecified atom stereocenters. The summed E-state index contributed by atoms with van der Waals surface area (Å²) in [4.78, 5) is 14.3. The van der Waals surface area contributed by atoms with Crippen molar-refractivity contribution in [3.63, 3.8) is 0 Å². The topological polar surface area (TPSA) is 55.6 Å². The predicted octanol–water partition coefficient (Wildman–Crippen LogP) is 1.17. The minimum absolute atomic E-state index is 0. The molecule has 0 aromatic rings. The van der Waals surface area contributed by atoms with Gasteiger partial charge >= 0.3 is 0 Å². The summed E-state index contributed by atoms with van der Waals surface area (Å²) >= 11 is 0. The number of carbonyl (C=O) groups is 1. The van der Waals surface area contributed by atoms with Crippen LogP contribution in [0.25, 0.3) is 0 Å². The number of fused-ring (bicyclic) bond motifs is 1. The van der Waals surface area contributed by atoms with Gasteiger partial charge in [-0.3, -0.25) is 4.79 Å². The number of halogens is 1. The Morgan fingerprint density at radius 3 is 2.76 bits per heavy atom. The number of morpholine rings is 1.